The first-order valence-corrected chi connectivity index (χ1v) is 10.7. The number of piperidine rings is 1. The number of nitrogens with zero attached hydrogens (tertiary/aromatic N) is 4. The van der Waals surface area contributed by atoms with Gasteiger partial charge in [-0.25, -0.2) is 0 Å². The van der Waals surface area contributed by atoms with Gasteiger partial charge in [-0.1, -0.05) is 24.5 Å². The highest BCUT2D eigenvalue weighted by Gasteiger charge is 2.32. The minimum atomic E-state index is -0.129. The molecule has 2 aliphatic carbocycles. The van der Waals surface area contributed by atoms with Gasteiger partial charge in [0.1, 0.15) is 0 Å². The predicted molar refractivity (Wildman–Crippen MR) is 101 cm³/mol. The maximum atomic E-state index is 13.0. The molecule has 0 spiro atoms. The van der Waals surface area contributed by atoms with Gasteiger partial charge in [0.15, 0.2) is 5.69 Å². The number of amides is 2. The van der Waals surface area contributed by atoms with Crippen LogP contribution in [0.5, 0.6) is 0 Å². The maximum absolute atomic E-state index is 13.0. The molecule has 2 amide bonds. The standard InChI is InChI=1S/C20H31N5O2/c26-19(21-16-9-10-16)18-14-24(23-22-18)13-11-17-8-4-5-12-25(17)20(27)15-6-2-1-3-7-15/h14-17H,1-13H2,(H,21,26)/t17-/m1/s1. The molecule has 0 aromatic carbocycles. The lowest BCUT2D eigenvalue weighted by Crippen LogP contribution is -2.47. The summed E-state index contributed by atoms with van der Waals surface area (Å²) in [4.78, 5) is 27.2. The van der Waals surface area contributed by atoms with E-state index in [0.29, 0.717) is 30.2 Å². The van der Waals surface area contributed by atoms with E-state index in [1.165, 1.54) is 25.7 Å². The molecular weight excluding hydrogens is 342 g/mol. The molecule has 2 heterocycles. The number of nitrogens with one attached hydrogen (secondary N) is 1. The van der Waals surface area contributed by atoms with Gasteiger partial charge < -0.3 is 10.2 Å². The number of hydrogen-bond donors (Lipinski definition) is 1. The van der Waals surface area contributed by atoms with Crippen molar-refractivity contribution in [2.75, 3.05) is 6.54 Å². The fraction of sp³-hybridized carbons (Fsp3) is 0.800. The van der Waals surface area contributed by atoms with Crippen LogP contribution in [0.3, 0.4) is 0 Å². The number of aryl methyl sites for hydroxylation is 1. The molecular formula is C20H31N5O2. The Morgan fingerprint density at radius 2 is 1.81 bits per heavy atom. The molecule has 0 radical (unpaired) electrons. The van der Waals surface area contributed by atoms with Crippen molar-refractivity contribution in [3.63, 3.8) is 0 Å². The monoisotopic (exact) mass is 373 g/mol. The smallest absolute Gasteiger partial charge is 0.273 e. The number of aromatic nitrogens is 3. The first kappa shape index (κ1) is 18.4. The zero-order chi connectivity index (χ0) is 18.6. The van der Waals surface area contributed by atoms with Gasteiger partial charge in [-0.15, -0.1) is 5.10 Å². The summed E-state index contributed by atoms with van der Waals surface area (Å²) in [6, 6.07) is 0.616. The second-order valence-electron chi connectivity index (χ2n) is 8.42. The summed E-state index contributed by atoms with van der Waals surface area (Å²) in [6.07, 6.45) is 13.9. The molecule has 7 nitrogen and oxygen atoms in total. The number of rotatable bonds is 6. The number of carbonyl (C=O) groups is 2. The minimum absolute atomic E-state index is 0.129. The molecule has 1 N–H and O–H groups in total. The molecule has 0 unspecified atom stereocenters. The van der Waals surface area contributed by atoms with Crippen LogP contribution in [-0.2, 0) is 11.3 Å². The van der Waals surface area contributed by atoms with Crippen molar-refractivity contribution < 1.29 is 9.59 Å². The zero-order valence-electron chi connectivity index (χ0n) is 16.1. The molecule has 2 saturated carbocycles. The largest absolute Gasteiger partial charge is 0.348 e. The van der Waals surface area contributed by atoms with Crippen LogP contribution in [0.4, 0.5) is 0 Å². The van der Waals surface area contributed by atoms with Gasteiger partial charge in [0.05, 0.1) is 6.20 Å². The lowest BCUT2D eigenvalue weighted by Gasteiger charge is -2.38. The van der Waals surface area contributed by atoms with E-state index < -0.39 is 0 Å². The summed E-state index contributed by atoms with van der Waals surface area (Å²) in [5.74, 6) is 0.487. The van der Waals surface area contributed by atoms with Gasteiger partial charge in [-0.05, 0) is 51.4 Å². The molecule has 0 bridgehead atoms. The van der Waals surface area contributed by atoms with E-state index in [0.717, 1.165) is 51.5 Å². The van der Waals surface area contributed by atoms with Crippen LogP contribution < -0.4 is 5.32 Å². The third-order valence-electron chi connectivity index (χ3n) is 6.24. The van der Waals surface area contributed by atoms with Gasteiger partial charge in [-0.3, -0.25) is 14.3 Å². The summed E-state index contributed by atoms with van der Waals surface area (Å²) in [6.45, 7) is 1.59. The number of carbonyl (C=O) groups excluding carboxylic acids is 2. The summed E-state index contributed by atoms with van der Waals surface area (Å²) in [5.41, 5.74) is 0.390. The second kappa shape index (κ2) is 8.40. The molecule has 3 aliphatic rings. The van der Waals surface area contributed by atoms with E-state index in [4.69, 9.17) is 0 Å². The van der Waals surface area contributed by atoms with Gasteiger partial charge in [0.25, 0.3) is 5.91 Å². The summed E-state index contributed by atoms with van der Waals surface area (Å²) >= 11 is 0. The molecule has 1 atom stereocenters. The molecule has 1 saturated heterocycles. The van der Waals surface area contributed by atoms with E-state index in [2.05, 4.69) is 20.5 Å². The van der Waals surface area contributed by atoms with Crippen LogP contribution in [0.2, 0.25) is 0 Å². The quantitative estimate of drug-likeness (QED) is 0.831. The molecule has 4 rings (SSSR count). The molecule has 7 heteroatoms. The van der Waals surface area contributed by atoms with Crippen LogP contribution in [-0.4, -0.2) is 50.3 Å². The normalized spacial score (nSPS) is 24.0. The van der Waals surface area contributed by atoms with Gasteiger partial charge in [0.2, 0.25) is 5.91 Å². The van der Waals surface area contributed by atoms with Crippen LogP contribution >= 0.6 is 0 Å². The molecule has 148 valence electrons. The Kier molecular flexibility index (Phi) is 5.74. The SMILES string of the molecule is O=C(NC1CC1)c1cn(CC[C@H]2CCCCN2C(=O)C2CCCCC2)nn1. The third kappa shape index (κ3) is 4.68. The number of likely N-dealkylation sites (tertiary alicyclic amines) is 1. The van der Waals surface area contributed by atoms with Crippen LogP contribution in [0.1, 0.15) is 81.1 Å². The second-order valence-corrected chi connectivity index (χ2v) is 8.42. The fourth-order valence-corrected chi connectivity index (χ4v) is 4.45. The Balaban J connectivity index is 1.32. The van der Waals surface area contributed by atoms with Crippen molar-refractivity contribution in [1.82, 2.24) is 25.2 Å². The lowest BCUT2D eigenvalue weighted by molar-refractivity contribution is -0.140. The predicted octanol–water partition coefficient (Wildman–Crippen LogP) is 2.52. The van der Waals surface area contributed by atoms with Crippen LogP contribution in [0.15, 0.2) is 6.20 Å². The highest BCUT2D eigenvalue weighted by molar-refractivity contribution is 5.92. The summed E-state index contributed by atoms with van der Waals surface area (Å²) in [7, 11) is 0. The van der Waals surface area contributed by atoms with Crippen molar-refractivity contribution in [3.8, 4) is 0 Å². The van der Waals surface area contributed by atoms with Crippen molar-refractivity contribution in [2.45, 2.75) is 89.3 Å². The average Bonchev–Trinajstić information content (AvgIpc) is 3.39. The van der Waals surface area contributed by atoms with Gasteiger partial charge >= 0.3 is 0 Å². The first-order chi connectivity index (χ1) is 13.2. The number of hydrogen-bond acceptors (Lipinski definition) is 4. The molecule has 1 aromatic rings. The Morgan fingerprint density at radius 1 is 1.04 bits per heavy atom. The summed E-state index contributed by atoms with van der Waals surface area (Å²) in [5, 5.41) is 11.1. The van der Waals surface area contributed by atoms with Crippen molar-refractivity contribution in [1.29, 1.82) is 0 Å². The molecule has 1 aromatic heterocycles. The summed E-state index contributed by atoms with van der Waals surface area (Å²) < 4.78 is 1.75. The minimum Gasteiger partial charge on any atom is -0.348 e. The van der Waals surface area contributed by atoms with E-state index in [-0.39, 0.29) is 11.8 Å². The van der Waals surface area contributed by atoms with Crippen molar-refractivity contribution >= 4 is 11.8 Å². The Hall–Kier alpha value is -1.92. The Labute approximate surface area is 160 Å². The van der Waals surface area contributed by atoms with Crippen LogP contribution in [0, 0.1) is 5.92 Å². The first-order valence-electron chi connectivity index (χ1n) is 10.7. The van der Waals surface area contributed by atoms with Gasteiger partial charge in [-0.2, -0.15) is 0 Å². The highest BCUT2D eigenvalue weighted by Crippen LogP contribution is 2.29. The zero-order valence-corrected chi connectivity index (χ0v) is 16.1. The van der Waals surface area contributed by atoms with Crippen LogP contribution in [0.25, 0.3) is 0 Å². The molecule has 27 heavy (non-hydrogen) atoms. The van der Waals surface area contributed by atoms with E-state index in [1.54, 1.807) is 10.9 Å². The Morgan fingerprint density at radius 3 is 2.59 bits per heavy atom. The lowest BCUT2D eigenvalue weighted by atomic mass is 9.87. The van der Waals surface area contributed by atoms with E-state index in [9.17, 15) is 9.59 Å². The van der Waals surface area contributed by atoms with Crippen molar-refractivity contribution in [3.05, 3.63) is 11.9 Å². The topological polar surface area (TPSA) is 80.1 Å². The van der Waals surface area contributed by atoms with E-state index >= 15 is 0 Å². The van der Waals surface area contributed by atoms with Crippen molar-refractivity contribution in [2.24, 2.45) is 5.92 Å². The van der Waals surface area contributed by atoms with Gasteiger partial charge in [0, 0.05) is 31.1 Å². The Bertz CT molecular complexity index is 663. The third-order valence-corrected chi connectivity index (χ3v) is 6.24. The molecule has 3 fully saturated rings. The van der Waals surface area contributed by atoms with E-state index in [1.807, 2.05) is 0 Å². The fourth-order valence-electron chi connectivity index (χ4n) is 4.45. The highest BCUT2D eigenvalue weighted by atomic mass is 16.2. The average molecular weight is 374 g/mol. The maximum Gasteiger partial charge on any atom is 0.273 e. The molecule has 1 aliphatic heterocycles.